The normalized spacial score (nSPS) is 13.9. The average molecular weight is 417 g/mol. The van der Waals surface area contributed by atoms with Crippen LogP contribution in [0.4, 0.5) is 11.4 Å². The Morgan fingerprint density at radius 3 is 2.20 bits per heavy atom. The van der Waals surface area contributed by atoms with Gasteiger partial charge in [-0.1, -0.05) is 41.9 Å². The highest BCUT2D eigenvalue weighted by atomic mass is 35.5. The first-order valence-corrected chi connectivity index (χ1v) is 10.0. The zero-order valence-electron chi connectivity index (χ0n) is 17.0. The first kappa shape index (κ1) is 19.9. The van der Waals surface area contributed by atoms with E-state index in [9.17, 15) is 9.59 Å². The summed E-state index contributed by atoms with van der Waals surface area (Å²) in [5, 5.41) is 3.75. The summed E-state index contributed by atoms with van der Waals surface area (Å²) in [6, 6.07) is 20.2. The van der Waals surface area contributed by atoms with Crippen LogP contribution in [0.1, 0.15) is 22.3 Å². The van der Waals surface area contributed by atoms with Crippen LogP contribution < -0.4 is 10.2 Å². The van der Waals surface area contributed by atoms with Crippen LogP contribution in [0.5, 0.6) is 0 Å². The Hall–Kier alpha value is -3.37. The van der Waals surface area contributed by atoms with E-state index in [1.165, 1.54) is 4.90 Å². The van der Waals surface area contributed by atoms with Crippen molar-refractivity contribution in [3.05, 3.63) is 99.7 Å². The summed E-state index contributed by atoms with van der Waals surface area (Å²) in [4.78, 5) is 28.1. The summed E-state index contributed by atoms with van der Waals surface area (Å²) in [5.74, 6) is -0.740. The van der Waals surface area contributed by atoms with Gasteiger partial charge in [0.05, 0.1) is 11.3 Å². The van der Waals surface area contributed by atoms with E-state index in [1.807, 2.05) is 57.2 Å². The molecule has 0 atom stereocenters. The third-order valence-corrected chi connectivity index (χ3v) is 5.50. The molecule has 5 heteroatoms. The lowest BCUT2D eigenvalue weighted by molar-refractivity contribution is -0.120. The van der Waals surface area contributed by atoms with Gasteiger partial charge in [-0.3, -0.25) is 9.59 Å². The first-order valence-electron chi connectivity index (χ1n) is 9.65. The summed E-state index contributed by atoms with van der Waals surface area (Å²) in [5.41, 5.74) is 5.70. The molecule has 4 rings (SSSR count). The number of hydrogen-bond donors (Lipinski definition) is 1. The quantitative estimate of drug-likeness (QED) is 0.558. The molecule has 0 aliphatic carbocycles. The Morgan fingerprint density at radius 1 is 0.800 bits per heavy atom. The number of imide groups is 1. The van der Waals surface area contributed by atoms with E-state index >= 15 is 0 Å². The molecule has 3 aromatic rings. The number of carbonyl (C=O) groups is 2. The van der Waals surface area contributed by atoms with Crippen LogP contribution in [0.2, 0.25) is 5.02 Å². The van der Waals surface area contributed by atoms with Gasteiger partial charge in [0.2, 0.25) is 0 Å². The second-order valence-corrected chi connectivity index (χ2v) is 7.90. The fourth-order valence-corrected chi connectivity index (χ4v) is 3.62. The third-order valence-electron chi connectivity index (χ3n) is 5.25. The molecule has 0 saturated heterocycles. The van der Waals surface area contributed by atoms with Gasteiger partial charge in [0, 0.05) is 10.7 Å². The van der Waals surface area contributed by atoms with E-state index in [-0.39, 0.29) is 17.5 Å². The second-order valence-electron chi connectivity index (χ2n) is 7.47. The molecule has 1 aliphatic rings. The van der Waals surface area contributed by atoms with Crippen LogP contribution in [-0.4, -0.2) is 11.8 Å². The Balaban J connectivity index is 1.83. The van der Waals surface area contributed by atoms with Crippen LogP contribution in [0.15, 0.2) is 72.4 Å². The highest BCUT2D eigenvalue weighted by molar-refractivity contribution is 6.46. The molecule has 1 heterocycles. The van der Waals surface area contributed by atoms with Crippen LogP contribution in [0, 0.1) is 20.8 Å². The van der Waals surface area contributed by atoms with Crippen molar-refractivity contribution in [1.82, 2.24) is 0 Å². The summed E-state index contributed by atoms with van der Waals surface area (Å²) in [6.45, 7) is 5.93. The molecule has 0 aromatic heterocycles. The smallest absolute Gasteiger partial charge is 0.282 e. The maximum Gasteiger partial charge on any atom is 0.282 e. The van der Waals surface area contributed by atoms with Gasteiger partial charge in [-0.05, 0) is 79.4 Å². The van der Waals surface area contributed by atoms with Crippen molar-refractivity contribution in [2.24, 2.45) is 0 Å². The summed E-state index contributed by atoms with van der Waals surface area (Å²) >= 11 is 6.03. The van der Waals surface area contributed by atoms with E-state index < -0.39 is 0 Å². The van der Waals surface area contributed by atoms with Crippen LogP contribution in [0.3, 0.4) is 0 Å². The number of nitrogens with one attached hydrogen (secondary N) is 1. The fourth-order valence-electron chi connectivity index (χ4n) is 3.50. The van der Waals surface area contributed by atoms with Crippen LogP contribution in [-0.2, 0) is 9.59 Å². The summed E-state index contributed by atoms with van der Waals surface area (Å²) in [7, 11) is 0. The van der Waals surface area contributed by atoms with Gasteiger partial charge in [0.1, 0.15) is 5.70 Å². The van der Waals surface area contributed by atoms with Crippen LogP contribution in [0.25, 0.3) is 5.57 Å². The minimum Gasteiger partial charge on any atom is -0.350 e. The number of halogens is 1. The molecule has 2 amide bonds. The third kappa shape index (κ3) is 3.62. The van der Waals surface area contributed by atoms with Crippen molar-refractivity contribution in [3.8, 4) is 0 Å². The predicted octanol–water partition coefficient (Wildman–Crippen LogP) is 5.66. The Morgan fingerprint density at radius 2 is 1.53 bits per heavy atom. The van der Waals surface area contributed by atoms with E-state index in [2.05, 4.69) is 5.32 Å². The number of carbonyl (C=O) groups excluding carboxylic acids is 2. The number of benzene rings is 3. The van der Waals surface area contributed by atoms with Gasteiger partial charge in [-0.25, -0.2) is 4.90 Å². The number of amides is 2. The fraction of sp³-hybridized carbons (Fsp3) is 0.120. The predicted molar refractivity (Wildman–Crippen MR) is 122 cm³/mol. The molecule has 0 unspecified atom stereocenters. The molecule has 1 aliphatic heterocycles. The Bertz CT molecular complexity index is 1200. The lowest BCUT2D eigenvalue weighted by atomic mass is 10.0. The maximum absolute atomic E-state index is 13.4. The first-order chi connectivity index (χ1) is 14.3. The summed E-state index contributed by atoms with van der Waals surface area (Å²) in [6.07, 6.45) is 0. The van der Waals surface area contributed by atoms with E-state index in [1.54, 1.807) is 30.3 Å². The van der Waals surface area contributed by atoms with Gasteiger partial charge in [0.15, 0.2) is 0 Å². The second kappa shape index (κ2) is 7.81. The van der Waals surface area contributed by atoms with Crippen molar-refractivity contribution in [2.45, 2.75) is 20.8 Å². The lowest BCUT2D eigenvalue weighted by Crippen LogP contribution is -2.32. The topological polar surface area (TPSA) is 49.4 Å². The van der Waals surface area contributed by atoms with Crippen molar-refractivity contribution >= 4 is 40.4 Å². The standard InChI is InChI=1S/C25H21ClN2O2/c1-15-5-4-6-20(13-15)27-23-22(18-8-10-19(26)11-9-18)24(29)28(25(23)30)21-12-7-16(2)17(3)14-21/h4-14,27H,1-3H3. The van der Waals surface area contributed by atoms with Gasteiger partial charge >= 0.3 is 0 Å². The number of aryl methyl sites for hydroxylation is 3. The molecule has 150 valence electrons. The van der Waals surface area contributed by atoms with Gasteiger partial charge in [-0.2, -0.15) is 0 Å². The molecular formula is C25H21ClN2O2. The molecule has 1 N–H and O–H groups in total. The molecule has 4 nitrogen and oxygen atoms in total. The minimum atomic E-state index is -0.380. The van der Waals surface area contributed by atoms with E-state index in [0.717, 1.165) is 22.4 Å². The van der Waals surface area contributed by atoms with Crippen molar-refractivity contribution < 1.29 is 9.59 Å². The van der Waals surface area contributed by atoms with Crippen molar-refractivity contribution in [2.75, 3.05) is 10.2 Å². The number of rotatable bonds is 4. The SMILES string of the molecule is Cc1cccc(NC2=C(c3ccc(Cl)cc3)C(=O)N(c3ccc(C)c(C)c3)C2=O)c1. The lowest BCUT2D eigenvalue weighted by Gasteiger charge is -2.17. The highest BCUT2D eigenvalue weighted by Gasteiger charge is 2.40. The molecule has 30 heavy (non-hydrogen) atoms. The molecule has 0 saturated carbocycles. The molecule has 3 aromatic carbocycles. The maximum atomic E-state index is 13.4. The Labute approximate surface area is 180 Å². The average Bonchev–Trinajstić information content (AvgIpc) is 2.95. The van der Waals surface area contributed by atoms with Crippen molar-refractivity contribution in [3.63, 3.8) is 0 Å². The largest absolute Gasteiger partial charge is 0.350 e. The monoisotopic (exact) mass is 416 g/mol. The van der Waals surface area contributed by atoms with E-state index in [4.69, 9.17) is 11.6 Å². The number of nitrogens with zero attached hydrogens (tertiary/aromatic N) is 1. The van der Waals surface area contributed by atoms with E-state index in [0.29, 0.717) is 21.8 Å². The highest BCUT2D eigenvalue weighted by Crippen LogP contribution is 2.34. The van der Waals surface area contributed by atoms with Gasteiger partial charge < -0.3 is 5.32 Å². The molecule has 0 fully saturated rings. The summed E-state index contributed by atoms with van der Waals surface area (Å²) < 4.78 is 0. The van der Waals surface area contributed by atoms with Gasteiger partial charge in [0.25, 0.3) is 11.8 Å². The zero-order chi connectivity index (χ0) is 21.4. The van der Waals surface area contributed by atoms with Crippen LogP contribution >= 0.6 is 11.6 Å². The Kier molecular flexibility index (Phi) is 5.18. The van der Waals surface area contributed by atoms with Crippen molar-refractivity contribution in [1.29, 1.82) is 0 Å². The van der Waals surface area contributed by atoms with Gasteiger partial charge in [-0.15, -0.1) is 0 Å². The molecule has 0 bridgehead atoms. The number of anilines is 2. The minimum absolute atomic E-state index is 0.256. The zero-order valence-corrected chi connectivity index (χ0v) is 17.7. The molecular weight excluding hydrogens is 396 g/mol. The molecule has 0 spiro atoms. The number of hydrogen-bond acceptors (Lipinski definition) is 3. The molecule has 0 radical (unpaired) electrons.